The van der Waals surface area contributed by atoms with Crippen LogP contribution in [0.25, 0.3) is 0 Å². The Balaban J connectivity index is 1.76. The zero-order chi connectivity index (χ0) is 13.9. The first kappa shape index (κ1) is 15.2. The monoisotopic (exact) mass is 269 g/mol. The van der Waals surface area contributed by atoms with Crippen molar-refractivity contribution in [2.45, 2.75) is 45.2 Å². The standard InChI is InChI=1S/C15H31N3O/c1-14(2)13-18(15(3,4)12-16-14)7-5-6-17-8-10-19-11-9-17/h16H,5-13H2,1-4H3. The van der Waals surface area contributed by atoms with E-state index in [0.717, 1.165) is 39.4 Å². The van der Waals surface area contributed by atoms with Crippen molar-refractivity contribution < 1.29 is 4.74 Å². The van der Waals surface area contributed by atoms with Crippen LogP contribution in [0.15, 0.2) is 0 Å². The van der Waals surface area contributed by atoms with E-state index in [-0.39, 0.29) is 11.1 Å². The van der Waals surface area contributed by atoms with Crippen LogP contribution in [0.1, 0.15) is 34.1 Å². The number of piperazine rings is 1. The molecule has 0 amide bonds. The fourth-order valence-corrected chi connectivity index (χ4v) is 3.01. The lowest BCUT2D eigenvalue weighted by molar-refractivity contribution is 0.0211. The van der Waals surface area contributed by atoms with Crippen molar-refractivity contribution >= 4 is 0 Å². The Kier molecular flexibility index (Phi) is 4.88. The molecule has 0 aromatic carbocycles. The molecule has 0 aliphatic carbocycles. The van der Waals surface area contributed by atoms with Crippen LogP contribution < -0.4 is 5.32 Å². The number of morpholine rings is 1. The van der Waals surface area contributed by atoms with Crippen molar-refractivity contribution in [1.82, 2.24) is 15.1 Å². The molecule has 0 aromatic heterocycles. The smallest absolute Gasteiger partial charge is 0.0594 e. The van der Waals surface area contributed by atoms with E-state index < -0.39 is 0 Å². The zero-order valence-electron chi connectivity index (χ0n) is 13.2. The number of nitrogens with zero attached hydrogens (tertiary/aromatic N) is 2. The Morgan fingerprint density at radius 3 is 2.42 bits per heavy atom. The summed E-state index contributed by atoms with van der Waals surface area (Å²) in [5, 5.41) is 3.65. The van der Waals surface area contributed by atoms with E-state index in [1.807, 2.05) is 0 Å². The normalized spacial score (nSPS) is 28.4. The number of hydrogen-bond acceptors (Lipinski definition) is 4. The third-order valence-corrected chi connectivity index (χ3v) is 4.45. The van der Waals surface area contributed by atoms with Crippen molar-refractivity contribution in [3.63, 3.8) is 0 Å². The van der Waals surface area contributed by atoms with Gasteiger partial charge in [0.05, 0.1) is 13.2 Å². The molecular weight excluding hydrogens is 238 g/mol. The SMILES string of the molecule is CC1(C)CN(CCCN2CCOCC2)C(C)(C)CN1. The van der Waals surface area contributed by atoms with E-state index in [4.69, 9.17) is 4.74 Å². The molecule has 2 rings (SSSR count). The first-order valence-electron chi connectivity index (χ1n) is 7.69. The molecule has 0 saturated carbocycles. The van der Waals surface area contributed by atoms with Gasteiger partial charge in [0.2, 0.25) is 0 Å². The summed E-state index contributed by atoms with van der Waals surface area (Å²) in [5.41, 5.74) is 0.523. The zero-order valence-corrected chi connectivity index (χ0v) is 13.2. The minimum atomic E-state index is 0.245. The summed E-state index contributed by atoms with van der Waals surface area (Å²) in [7, 11) is 0. The molecule has 19 heavy (non-hydrogen) atoms. The second-order valence-corrected chi connectivity index (χ2v) is 7.28. The van der Waals surface area contributed by atoms with E-state index >= 15 is 0 Å². The highest BCUT2D eigenvalue weighted by Gasteiger charge is 2.36. The highest BCUT2D eigenvalue weighted by molar-refractivity contribution is 4.97. The summed E-state index contributed by atoms with van der Waals surface area (Å²) in [5.74, 6) is 0. The molecule has 0 bridgehead atoms. The number of nitrogens with one attached hydrogen (secondary N) is 1. The molecule has 1 N–H and O–H groups in total. The largest absolute Gasteiger partial charge is 0.379 e. The van der Waals surface area contributed by atoms with Gasteiger partial charge in [-0.3, -0.25) is 9.80 Å². The minimum Gasteiger partial charge on any atom is -0.379 e. The quantitative estimate of drug-likeness (QED) is 0.829. The van der Waals surface area contributed by atoms with Gasteiger partial charge in [0.15, 0.2) is 0 Å². The fraction of sp³-hybridized carbons (Fsp3) is 1.00. The first-order chi connectivity index (χ1) is 8.89. The van der Waals surface area contributed by atoms with E-state index in [1.54, 1.807) is 0 Å². The van der Waals surface area contributed by atoms with E-state index in [0.29, 0.717) is 0 Å². The van der Waals surface area contributed by atoms with Crippen LogP contribution in [0.2, 0.25) is 0 Å². The molecule has 2 fully saturated rings. The third kappa shape index (κ3) is 4.42. The minimum absolute atomic E-state index is 0.245. The molecule has 0 aromatic rings. The molecule has 4 nitrogen and oxygen atoms in total. The highest BCUT2D eigenvalue weighted by atomic mass is 16.5. The molecule has 4 heteroatoms. The maximum Gasteiger partial charge on any atom is 0.0594 e. The van der Waals surface area contributed by atoms with Crippen molar-refractivity contribution in [2.75, 3.05) is 52.5 Å². The van der Waals surface area contributed by atoms with Gasteiger partial charge in [-0.1, -0.05) is 0 Å². The molecule has 0 unspecified atom stereocenters. The van der Waals surface area contributed by atoms with Crippen molar-refractivity contribution in [3.8, 4) is 0 Å². The van der Waals surface area contributed by atoms with Crippen LogP contribution in [0.3, 0.4) is 0 Å². The van der Waals surface area contributed by atoms with Crippen LogP contribution in [0.4, 0.5) is 0 Å². The van der Waals surface area contributed by atoms with Crippen LogP contribution in [0, 0.1) is 0 Å². The summed E-state index contributed by atoms with van der Waals surface area (Å²) < 4.78 is 5.40. The van der Waals surface area contributed by atoms with Gasteiger partial charge in [-0.15, -0.1) is 0 Å². The van der Waals surface area contributed by atoms with Gasteiger partial charge in [0.1, 0.15) is 0 Å². The average Bonchev–Trinajstić information content (AvgIpc) is 2.35. The molecular formula is C15H31N3O. The van der Waals surface area contributed by atoms with Crippen molar-refractivity contribution in [3.05, 3.63) is 0 Å². The highest BCUT2D eigenvalue weighted by Crippen LogP contribution is 2.23. The van der Waals surface area contributed by atoms with Gasteiger partial charge >= 0.3 is 0 Å². The maximum absolute atomic E-state index is 5.40. The van der Waals surface area contributed by atoms with Gasteiger partial charge in [-0.25, -0.2) is 0 Å². The Morgan fingerprint density at radius 2 is 1.74 bits per heavy atom. The Hall–Kier alpha value is -0.160. The van der Waals surface area contributed by atoms with Gasteiger partial charge in [0.25, 0.3) is 0 Å². The molecule has 2 aliphatic rings. The van der Waals surface area contributed by atoms with Crippen LogP contribution in [-0.4, -0.2) is 73.4 Å². The molecule has 0 spiro atoms. The molecule has 112 valence electrons. The second-order valence-electron chi connectivity index (χ2n) is 7.28. The predicted octanol–water partition coefficient (Wildman–Crippen LogP) is 1.17. The molecule has 2 aliphatic heterocycles. The maximum atomic E-state index is 5.40. The van der Waals surface area contributed by atoms with E-state index in [2.05, 4.69) is 42.8 Å². The summed E-state index contributed by atoms with van der Waals surface area (Å²) in [6.45, 7) is 18.0. The number of hydrogen-bond donors (Lipinski definition) is 1. The number of ether oxygens (including phenoxy) is 1. The van der Waals surface area contributed by atoms with Crippen molar-refractivity contribution in [2.24, 2.45) is 0 Å². The Morgan fingerprint density at radius 1 is 1.05 bits per heavy atom. The van der Waals surface area contributed by atoms with Gasteiger partial charge in [-0.2, -0.15) is 0 Å². The van der Waals surface area contributed by atoms with E-state index in [9.17, 15) is 0 Å². The van der Waals surface area contributed by atoms with Gasteiger partial charge < -0.3 is 10.1 Å². The Labute approximate surface area is 118 Å². The molecule has 2 heterocycles. The lowest BCUT2D eigenvalue weighted by Gasteiger charge is -2.50. The lowest BCUT2D eigenvalue weighted by Crippen LogP contribution is -2.66. The second kappa shape index (κ2) is 6.08. The summed E-state index contributed by atoms with van der Waals surface area (Å²) in [6.07, 6.45) is 1.26. The fourth-order valence-electron chi connectivity index (χ4n) is 3.01. The van der Waals surface area contributed by atoms with Gasteiger partial charge in [-0.05, 0) is 40.7 Å². The molecule has 0 atom stereocenters. The Bertz CT molecular complexity index is 285. The van der Waals surface area contributed by atoms with Crippen LogP contribution >= 0.6 is 0 Å². The van der Waals surface area contributed by atoms with E-state index in [1.165, 1.54) is 19.5 Å². The summed E-state index contributed by atoms with van der Waals surface area (Å²) in [4.78, 5) is 5.19. The molecule has 2 saturated heterocycles. The average molecular weight is 269 g/mol. The topological polar surface area (TPSA) is 27.7 Å². The third-order valence-electron chi connectivity index (χ3n) is 4.45. The first-order valence-corrected chi connectivity index (χ1v) is 7.69. The van der Waals surface area contributed by atoms with Crippen molar-refractivity contribution in [1.29, 1.82) is 0 Å². The number of rotatable bonds is 4. The van der Waals surface area contributed by atoms with Gasteiger partial charge in [0, 0.05) is 43.8 Å². The summed E-state index contributed by atoms with van der Waals surface area (Å²) in [6, 6.07) is 0. The predicted molar refractivity (Wildman–Crippen MR) is 79.6 cm³/mol. The lowest BCUT2D eigenvalue weighted by atomic mass is 9.91. The van der Waals surface area contributed by atoms with Crippen LogP contribution in [0.5, 0.6) is 0 Å². The molecule has 0 radical (unpaired) electrons. The van der Waals surface area contributed by atoms with Crippen LogP contribution in [-0.2, 0) is 4.74 Å². The summed E-state index contributed by atoms with van der Waals surface area (Å²) >= 11 is 0.